The molecule has 5 nitrogen and oxygen atoms in total. The van der Waals surface area contributed by atoms with E-state index in [9.17, 15) is 9.59 Å². The number of H-pyrrole nitrogens is 1. The summed E-state index contributed by atoms with van der Waals surface area (Å²) in [5, 5.41) is 11.7. The number of aromatic amines is 1. The molecule has 0 unspecified atom stereocenters. The van der Waals surface area contributed by atoms with E-state index in [2.05, 4.69) is 10.3 Å². The Morgan fingerprint density at radius 3 is 2.88 bits per heavy atom. The lowest BCUT2D eigenvalue weighted by atomic mass is 10.0. The van der Waals surface area contributed by atoms with E-state index in [0.29, 0.717) is 13.0 Å². The minimum absolute atomic E-state index is 0.0615. The van der Waals surface area contributed by atoms with Gasteiger partial charge in [-0.05, 0) is 24.7 Å². The Bertz CT molecular complexity index is 463. The smallest absolute Gasteiger partial charge is 0.256 e. The SMILES string of the molecule is O=C(NCC1(CCO)CC1)c1c[nH]ccc1=O. The number of nitrogens with one attached hydrogen (secondary N) is 2. The quantitative estimate of drug-likeness (QED) is 0.686. The van der Waals surface area contributed by atoms with Crippen LogP contribution in [0, 0.1) is 5.41 Å². The normalized spacial score (nSPS) is 16.5. The molecule has 2 rings (SSSR count). The number of hydrogen-bond donors (Lipinski definition) is 3. The Morgan fingerprint density at radius 1 is 1.53 bits per heavy atom. The standard InChI is InChI=1S/C12H16N2O3/c15-6-4-12(2-3-12)8-14-11(17)9-7-13-5-1-10(9)16/h1,5,7,15H,2-4,6,8H2,(H,13,16)(H,14,17). The van der Waals surface area contributed by atoms with Crippen LogP contribution in [0.25, 0.3) is 0 Å². The fourth-order valence-corrected chi connectivity index (χ4v) is 1.89. The Labute approximate surface area is 98.9 Å². The van der Waals surface area contributed by atoms with E-state index in [0.717, 1.165) is 12.8 Å². The number of carbonyl (C=O) groups is 1. The maximum absolute atomic E-state index is 11.8. The van der Waals surface area contributed by atoms with Crippen LogP contribution in [0.1, 0.15) is 29.6 Å². The molecule has 0 bridgehead atoms. The molecular weight excluding hydrogens is 220 g/mol. The van der Waals surface area contributed by atoms with Crippen molar-refractivity contribution >= 4 is 5.91 Å². The average molecular weight is 236 g/mol. The highest BCUT2D eigenvalue weighted by molar-refractivity contribution is 5.93. The number of hydrogen-bond acceptors (Lipinski definition) is 3. The minimum Gasteiger partial charge on any atom is -0.396 e. The van der Waals surface area contributed by atoms with Gasteiger partial charge in [0.2, 0.25) is 0 Å². The van der Waals surface area contributed by atoms with Crippen molar-refractivity contribution in [1.29, 1.82) is 0 Å². The van der Waals surface area contributed by atoms with E-state index < -0.39 is 0 Å². The van der Waals surface area contributed by atoms with Crippen LogP contribution in [0.3, 0.4) is 0 Å². The largest absolute Gasteiger partial charge is 0.396 e. The molecule has 0 spiro atoms. The van der Waals surface area contributed by atoms with Gasteiger partial charge in [0.05, 0.1) is 0 Å². The number of rotatable bonds is 5. The molecule has 1 aliphatic carbocycles. The van der Waals surface area contributed by atoms with Gasteiger partial charge >= 0.3 is 0 Å². The summed E-state index contributed by atoms with van der Waals surface area (Å²) in [6.45, 7) is 0.669. The van der Waals surface area contributed by atoms with Crippen LogP contribution in [0.2, 0.25) is 0 Å². The molecule has 1 fully saturated rings. The van der Waals surface area contributed by atoms with Crippen LogP contribution >= 0.6 is 0 Å². The molecule has 0 aliphatic heterocycles. The molecule has 92 valence electrons. The molecule has 0 aromatic carbocycles. The molecule has 3 N–H and O–H groups in total. The number of amides is 1. The Morgan fingerprint density at radius 2 is 2.29 bits per heavy atom. The summed E-state index contributed by atoms with van der Waals surface area (Å²) in [6.07, 6.45) is 5.66. The van der Waals surface area contributed by atoms with Gasteiger partial charge in [0, 0.05) is 31.6 Å². The van der Waals surface area contributed by atoms with E-state index in [1.165, 1.54) is 18.5 Å². The molecule has 1 saturated carbocycles. The molecule has 1 heterocycles. The third kappa shape index (κ3) is 2.74. The molecule has 1 aromatic heterocycles. The van der Waals surface area contributed by atoms with Gasteiger partial charge < -0.3 is 15.4 Å². The first-order valence-electron chi connectivity index (χ1n) is 5.73. The predicted molar refractivity (Wildman–Crippen MR) is 62.8 cm³/mol. The van der Waals surface area contributed by atoms with Crippen molar-refractivity contribution in [3.63, 3.8) is 0 Å². The summed E-state index contributed by atoms with van der Waals surface area (Å²) < 4.78 is 0. The zero-order chi connectivity index (χ0) is 12.3. The van der Waals surface area contributed by atoms with Crippen molar-refractivity contribution in [2.24, 2.45) is 5.41 Å². The van der Waals surface area contributed by atoms with E-state index in [-0.39, 0.29) is 28.9 Å². The van der Waals surface area contributed by atoms with Crippen LogP contribution in [0.5, 0.6) is 0 Å². The third-order valence-electron chi connectivity index (χ3n) is 3.29. The summed E-state index contributed by atoms with van der Waals surface area (Å²) in [7, 11) is 0. The number of pyridine rings is 1. The summed E-state index contributed by atoms with van der Waals surface area (Å²) in [5.74, 6) is -0.351. The number of carbonyl (C=O) groups excluding carboxylic acids is 1. The first kappa shape index (κ1) is 11.9. The molecule has 0 radical (unpaired) electrons. The second-order valence-electron chi connectivity index (χ2n) is 4.58. The van der Waals surface area contributed by atoms with Crippen LogP contribution in [0.4, 0.5) is 0 Å². The Kier molecular flexibility index (Phi) is 3.28. The van der Waals surface area contributed by atoms with Crippen molar-refractivity contribution in [3.8, 4) is 0 Å². The second kappa shape index (κ2) is 4.71. The summed E-state index contributed by atoms with van der Waals surface area (Å²) in [4.78, 5) is 25.9. The number of aliphatic hydroxyl groups is 1. The van der Waals surface area contributed by atoms with E-state index >= 15 is 0 Å². The van der Waals surface area contributed by atoms with E-state index in [1.54, 1.807) is 0 Å². The molecule has 17 heavy (non-hydrogen) atoms. The van der Waals surface area contributed by atoms with Crippen molar-refractivity contribution in [2.45, 2.75) is 19.3 Å². The van der Waals surface area contributed by atoms with E-state index in [4.69, 9.17) is 5.11 Å². The van der Waals surface area contributed by atoms with Gasteiger partial charge in [-0.2, -0.15) is 0 Å². The van der Waals surface area contributed by atoms with Crippen molar-refractivity contribution in [2.75, 3.05) is 13.2 Å². The fourth-order valence-electron chi connectivity index (χ4n) is 1.89. The van der Waals surface area contributed by atoms with Gasteiger partial charge in [-0.15, -0.1) is 0 Å². The number of aliphatic hydroxyl groups excluding tert-OH is 1. The lowest BCUT2D eigenvalue weighted by molar-refractivity contribution is 0.0939. The molecule has 0 atom stereocenters. The van der Waals surface area contributed by atoms with Gasteiger partial charge in [-0.1, -0.05) is 0 Å². The van der Waals surface area contributed by atoms with Crippen molar-refractivity contribution in [3.05, 3.63) is 34.2 Å². The van der Waals surface area contributed by atoms with Gasteiger partial charge in [0.25, 0.3) is 5.91 Å². The molecule has 0 saturated heterocycles. The van der Waals surface area contributed by atoms with Gasteiger partial charge in [-0.25, -0.2) is 0 Å². The third-order valence-corrected chi connectivity index (χ3v) is 3.29. The lowest BCUT2D eigenvalue weighted by Gasteiger charge is -2.14. The van der Waals surface area contributed by atoms with Crippen LogP contribution in [-0.4, -0.2) is 29.1 Å². The van der Waals surface area contributed by atoms with Crippen molar-refractivity contribution in [1.82, 2.24) is 10.3 Å². The molecular formula is C12H16N2O3. The lowest BCUT2D eigenvalue weighted by Crippen LogP contribution is -2.33. The predicted octanol–water partition coefficient (Wildman–Crippen LogP) is 0.267. The summed E-state index contributed by atoms with van der Waals surface area (Å²) in [5.41, 5.74) is -0.0908. The zero-order valence-corrected chi connectivity index (χ0v) is 9.53. The maximum Gasteiger partial charge on any atom is 0.256 e. The van der Waals surface area contributed by atoms with Gasteiger partial charge in [0.1, 0.15) is 5.56 Å². The molecule has 1 aliphatic rings. The van der Waals surface area contributed by atoms with Crippen LogP contribution in [-0.2, 0) is 0 Å². The highest BCUT2D eigenvalue weighted by Crippen LogP contribution is 2.47. The van der Waals surface area contributed by atoms with E-state index in [1.807, 2.05) is 0 Å². The Balaban J connectivity index is 1.94. The first-order valence-corrected chi connectivity index (χ1v) is 5.73. The summed E-state index contributed by atoms with van der Waals surface area (Å²) >= 11 is 0. The van der Waals surface area contributed by atoms with Gasteiger partial charge in [-0.3, -0.25) is 9.59 Å². The van der Waals surface area contributed by atoms with Crippen molar-refractivity contribution < 1.29 is 9.90 Å². The zero-order valence-electron chi connectivity index (χ0n) is 9.53. The first-order chi connectivity index (χ1) is 8.17. The fraction of sp³-hybridized carbons (Fsp3) is 0.500. The van der Waals surface area contributed by atoms with Crippen LogP contribution in [0.15, 0.2) is 23.3 Å². The molecule has 1 amide bonds. The topological polar surface area (TPSA) is 82.2 Å². The minimum atomic E-state index is -0.351. The van der Waals surface area contributed by atoms with Crippen LogP contribution < -0.4 is 10.7 Å². The van der Waals surface area contributed by atoms with Gasteiger partial charge in [0.15, 0.2) is 5.43 Å². The maximum atomic E-state index is 11.8. The summed E-state index contributed by atoms with van der Waals surface area (Å²) in [6, 6.07) is 1.33. The molecule has 1 aromatic rings. The Hall–Kier alpha value is -1.62. The molecule has 5 heteroatoms. The average Bonchev–Trinajstić information content (AvgIpc) is 3.08. The highest BCUT2D eigenvalue weighted by Gasteiger charge is 2.41. The number of aromatic nitrogens is 1. The monoisotopic (exact) mass is 236 g/mol. The second-order valence-corrected chi connectivity index (χ2v) is 4.58. The highest BCUT2D eigenvalue weighted by atomic mass is 16.3.